The van der Waals surface area contributed by atoms with Crippen LogP contribution in [0.5, 0.6) is 0 Å². The number of nitrogens with zero attached hydrogens (tertiary/aromatic N) is 2. The molecule has 0 atom stereocenters. The Kier molecular flexibility index (Phi) is 2.10. The van der Waals surface area contributed by atoms with Gasteiger partial charge in [0.05, 0.1) is 12.3 Å². The van der Waals surface area contributed by atoms with Crippen molar-refractivity contribution in [3.63, 3.8) is 0 Å². The average Bonchev–Trinajstić information content (AvgIpc) is 2.57. The Balaban J connectivity index is 2.44. The summed E-state index contributed by atoms with van der Waals surface area (Å²) in [6, 6.07) is 5.84. The number of aliphatic hydroxyl groups excluding tert-OH is 1. The molecule has 0 fully saturated rings. The fourth-order valence-electron chi connectivity index (χ4n) is 1.21. The maximum atomic E-state index is 8.58. The van der Waals surface area contributed by atoms with Gasteiger partial charge in [-0.1, -0.05) is 12.1 Å². The smallest absolute Gasteiger partial charge is 0.137 e. The molecule has 13 heavy (non-hydrogen) atoms. The minimum absolute atomic E-state index is 0.0495. The second-order valence-corrected chi connectivity index (χ2v) is 2.72. The lowest BCUT2D eigenvalue weighted by molar-refractivity contribution is 0.343. The van der Waals surface area contributed by atoms with Crippen molar-refractivity contribution in [3.05, 3.63) is 42.4 Å². The van der Waals surface area contributed by atoms with E-state index < -0.39 is 0 Å². The third-order valence-electron chi connectivity index (χ3n) is 1.78. The van der Waals surface area contributed by atoms with Gasteiger partial charge in [0.2, 0.25) is 0 Å². The number of imidazole rings is 1. The normalized spacial score (nSPS) is 11.5. The van der Waals surface area contributed by atoms with E-state index in [1.807, 2.05) is 35.0 Å². The van der Waals surface area contributed by atoms with E-state index in [1.54, 1.807) is 12.2 Å². The summed E-state index contributed by atoms with van der Waals surface area (Å²) >= 11 is 0. The van der Waals surface area contributed by atoms with Gasteiger partial charge < -0.3 is 9.51 Å². The number of hydrogen-bond donors (Lipinski definition) is 1. The molecule has 0 saturated heterocycles. The summed E-state index contributed by atoms with van der Waals surface area (Å²) in [6.45, 7) is 0.0495. The largest absolute Gasteiger partial charge is 0.392 e. The molecule has 0 spiro atoms. The lowest BCUT2D eigenvalue weighted by Gasteiger charge is -1.86. The maximum Gasteiger partial charge on any atom is 0.137 e. The standard InChI is InChI=1S/C10H10N2O/c13-7-3-4-9-8-12-6-2-1-5-10(12)11-9/h1-6,8,13H,7H2. The van der Waals surface area contributed by atoms with Gasteiger partial charge in [0, 0.05) is 12.4 Å². The topological polar surface area (TPSA) is 37.5 Å². The van der Waals surface area contributed by atoms with Gasteiger partial charge in [0.15, 0.2) is 0 Å². The highest BCUT2D eigenvalue weighted by atomic mass is 16.2. The van der Waals surface area contributed by atoms with Crippen LogP contribution in [-0.4, -0.2) is 21.1 Å². The molecule has 0 aromatic carbocycles. The summed E-state index contributed by atoms with van der Waals surface area (Å²) in [5, 5.41) is 8.58. The molecule has 0 bridgehead atoms. The van der Waals surface area contributed by atoms with Crippen molar-refractivity contribution in [1.29, 1.82) is 0 Å². The first-order chi connectivity index (χ1) is 6.40. The number of pyridine rings is 1. The molecule has 0 radical (unpaired) electrons. The molecule has 2 aromatic heterocycles. The first-order valence-corrected chi connectivity index (χ1v) is 4.11. The quantitative estimate of drug-likeness (QED) is 0.746. The van der Waals surface area contributed by atoms with Crippen molar-refractivity contribution in [2.75, 3.05) is 6.61 Å². The molecule has 0 aliphatic heterocycles. The second kappa shape index (κ2) is 3.41. The molecular weight excluding hydrogens is 164 g/mol. The molecule has 0 amide bonds. The van der Waals surface area contributed by atoms with Crippen LogP contribution in [0.15, 0.2) is 36.7 Å². The van der Waals surface area contributed by atoms with Gasteiger partial charge in [-0.15, -0.1) is 0 Å². The van der Waals surface area contributed by atoms with E-state index in [2.05, 4.69) is 4.98 Å². The zero-order valence-corrected chi connectivity index (χ0v) is 7.09. The molecule has 2 aromatic rings. The van der Waals surface area contributed by atoms with Crippen LogP contribution in [0.1, 0.15) is 5.69 Å². The first kappa shape index (κ1) is 8.01. The predicted octanol–water partition coefficient (Wildman–Crippen LogP) is 1.34. The lowest BCUT2D eigenvalue weighted by atomic mass is 10.4. The highest BCUT2D eigenvalue weighted by molar-refractivity contribution is 5.50. The fourth-order valence-corrected chi connectivity index (χ4v) is 1.21. The Morgan fingerprint density at radius 1 is 1.46 bits per heavy atom. The third-order valence-corrected chi connectivity index (χ3v) is 1.78. The van der Waals surface area contributed by atoms with Crippen LogP contribution in [0.25, 0.3) is 11.7 Å². The van der Waals surface area contributed by atoms with Crippen LogP contribution in [0.3, 0.4) is 0 Å². The molecule has 3 nitrogen and oxygen atoms in total. The van der Waals surface area contributed by atoms with Gasteiger partial charge in [0.1, 0.15) is 5.65 Å². The molecule has 66 valence electrons. The summed E-state index contributed by atoms with van der Waals surface area (Å²) in [5.41, 5.74) is 1.78. The van der Waals surface area contributed by atoms with E-state index >= 15 is 0 Å². The van der Waals surface area contributed by atoms with E-state index in [4.69, 9.17) is 5.11 Å². The van der Waals surface area contributed by atoms with Crippen LogP contribution in [0, 0.1) is 0 Å². The second-order valence-electron chi connectivity index (χ2n) is 2.72. The predicted molar refractivity (Wildman–Crippen MR) is 51.3 cm³/mol. The van der Waals surface area contributed by atoms with Crippen molar-refractivity contribution in [2.45, 2.75) is 0 Å². The number of rotatable bonds is 2. The van der Waals surface area contributed by atoms with E-state index in [1.165, 1.54) is 0 Å². The first-order valence-electron chi connectivity index (χ1n) is 4.11. The fraction of sp³-hybridized carbons (Fsp3) is 0.100. The Morgan fingerprint density at radius 3 is 3.15 bits per heavy atom. The zero-order valence-electron chi connectivity index (χ0n) is 7.09. The van der Waals surface area contributed by atoms with Crippen LogP contribution < -0.4 is 0 Å². The molecule has 0 unspecified atom stereocenters. The monoisotopic (exact) mass is 174 g/mol. The van der Waals surface area contributed by atoms with Crippen LogP contribution >= 0.6 is 0 Å². The van der Waals surface area contributed by atoms with Gasteiger partial charge in [-0.3, -0.25) is 0 Å². The zero-order chi connectivity index (χ0) is 9.10. The van der Waals surface area contributed by atoms with Crippen LogP contribution in [-0.2, 0) is 0 Å². The SMILES string of the molecule is OCC=Cc1cn2ccccc2n1. The molecule has 3 heteroatoms. The van der Waals surface area contributed by atoms with Crippen LogP contribution in [0.2, 0.25) is 0 Å². The number of fused-ring (bicyclic) bond motifs is 1. The molecule has 0 saturated carbocycles. The molecule has 2 heterocycles. The average molecular weight is 174 g/mol. The van der Waals surface area contributed by atoms with E-state index in [-0.39, 0.29) is 6.61 Å². The minimum Gasteiger partial charge on any atom is -0.392 e. The summed E-state index contributed by atoms with van der Waals surface area (Å²) in [5.74, 6) is 0. The molecule has 2 rings (SSSR count). The van der Waals surface area contributed by atoms with Crippen molar-refractivity contribution in [1.82, 2.24) is 9.38 Å². The highest BCUT2D eigenvalue weighted by Gasteiger charge is 1.95. The van der Waals surface area contributed by atoms with Crippen molar-refractivity contribution >= 4 is 11.7 Å². The maximum absolute atomic E-state index is 8.58. The highest BCUT2D eigenvalue weighted by Crippen LogP contribution is 2.05. The van der Waals surface area contributed by atoms with Gasteiger partial charge in [-0.25, -0.2) is 4.98 Å². The summed E-state index contributed by atoms with van der Waals surface area (Å²) < 4.78 is 1.94. The minimum atomic E-state index is 0.0495. The lowest BCUT2D eigenvalue weighted by Crippen LogP contribution is -1.77. The Hall–Kier alpha value is -1.61. The summed E-state index contributed by atoms with van der Waals surface area (Å²) in [4.78, 5) is 4.32. The number of hydrogen-bond acceptors (Lipinski definition) is 2. The molecule has 0 aliphatic carbocycles. The Bertz CT molecular complexity index is 398. The van der Waals surface area contributed by atoms with Gasteiger partial charge in [-0.2, -0.15) is 0 Å². The van der Waals surface area contributed by atoms with Gasteiger partial charge >= 0.3 is 0 Å². The van der Waals surface area contributed by atoms with Gasteiger partial charge in [-0.05, 0) is 18.2 Å². The van der Waals surface area contributed by atoms with E-state index in [9.17, 15) is 0 Å². The Morgan fingerprint density at radius 2 is 2.38 bits per heavy atom. The third kappa shape index (κ3) is 1.60. The summed E-state index contributed by atoms with van der Waals surface area (Å²) in [7, 11) is 0. The van der Waals surface area contributed by atoms with Crippen LogP contribution in [0.4, 0.5) is 0 Å². The Labute approximate surface area is 76.0 Å². The van der Waals surface area contributed by atoms with Crippen molar-refractivity contribution < 1.29 is 5.11 Å². The molecule has 1 N–H and O–H groups in total. The molecular formula is C10H10N2O. The van der Waals surface area contributed by atoms with Gasteiger partial charge in [0.25, 0.3) is 0 Å². The number of aliphatic hydroxyl groups is 1. The number of aromatic nitrogens is 2. The van der Waals surface area contributed by atoms with E-state index in [0.717, 1.165) is 11.3 Å². The van der Waals surface area contributed by atoms with Crippen molar-refractivity contribution in [2.24, 2.45) is 0 Å². The summed E-state index contributed by atoms with van der Waals surface area (Å²) in [6.07, 6.45) is 7.33. The molecule has 0 aliphatic rings. The van der Waals surface area contributed by atoms with Crippen molar-refractivity contribution in [3.8, 4) is 0 Å². The van der Waals surface area contributed by atoms with E-state index in [0.29, 0.717) is 0 Å².